The quantitative estimate of drug-likeness (QED) is 0.672. The van der Waals surface area contributed by atoms with Gasteiger partial charge >= 0.3 is 0 Å². The lowest BCUT2D eigenvalue weighted by atomic mass is 9.76. The second-order valence-corrected chi connectivity index (χ2v) is 4.96. The summed E-state index contributed by atoms with van der Waals surface area (Å²) < 4.78 is 0. The first-order valence-corrected chi connectivity index (χ1v) is 5.79. The summed E-state index contributed by atoms with van der Waals surface area (Å²) in [5.41, 5.74) is 0. The van der Waals surface area contributed by atoms with Crippen LogP contribution in [0.15, 0.2) is 24.3 Å². The molecule has 1 nitrogen and oxygen atoms in total. The molecule has 1 fully saturated rings. The van der Waals surface area contributed by atoms with E-state index in [2.05, 4.69) is 50.4 Å². The monoisotopic (exact) mass is 191 g/mol. The first-order valence-electron chi connectivity index (χ1n) is 5.79. The Kier molecular flexibility index (Phi) is 2.78. The van der Waals surface area contributed by atoms with Crippen molar-refractivity contribution < 1.29 is 0 Å². The summed E-state index contributed by atoms with van der Waals surface area (Å²) >= 11 is 0. The highest BCUT2D eigenvalue weighted by molar-refractivity contribution is 5.15. The molecule has 0 aromatic rings. The van der Waals surface area contributed by atoms with Crippen LogP contribution in [0.3, 0.4) is 0 Å². The van der Waals surface area contributed by atoms with Crippen LogP contribution in [-0.2, 0) is 0 Å². The van der Waals surface area contributed by atoms with E-state index in [-0.39, 0.29) is 0 Å². The van der Waals surface area contributed by atoms with Gasteiger partial charge in [0.2, 0.25) is 0 Å². The third kappa shape index (κ3) is 1.78. The Bertz CT molecular complexity index is 254. The molecule has 2 rings (SSSR count). The predicted octanol–water partition coefficient (Wildman–Crippen LogP) is 2.75. The third-order valence-electron chi connectivity index (χ3n) is 3.78. The molecule has 0 spiro atoms. The summed E-state index contributed by atoms with van der Waals surface area (Å²) in [6.45, 7) is 6.96. The van der Waals surface area contributed by atoms with Gasteiger partial charge in [-0.15, -0.1) is 0 Å². The van der Waals surface area contributed by atoms with Crippen LogP contribution in [0, 0.1) is 17.8 Å². The van der Waals surface area contributed by atoms with Crippen LogP contribution in [0.25, 0.3) is 0 Å². The molecule has 0 amide bonds. The second kappa shape index (κ2) is 3.90. The maximum absolute atomic E-state index is 3.63. The van der Waals surface area contributed by atoms with Crippen molar-refractivity contribution in [3.8, 4) is 0 Å². The van der Waals surface area contributed by atoms with Crippen LogP contribution in [-0.4, -0.2) is 12.1 Å². The van der Waals surface area contributed by atoms with E-state index < -0.39 is 0 Å². The SMILES string of the molecule is CC1CC(C2C=CC=CC2C)C(C)N1. The van der Waals surface area contributed by atoms with Crippen LogP contribution in [0.4, 0.5) is 0 Å². The summed E-state index contributed by atoms with van der Waals surface area (Å²) in [6.07, 6.45) is 10.4. The Morgan fingerprint density at radius 3 is 2.36 bits per heavy atom. The Morgan fingerprint density at radius 1 is 1.07 bits per heavy atom. The molecule has 1 heteroatoms. The molecule has 0 aromatic carbocycles. The van der Waals surface area contributed by atoms with Gasteiger partial charge in [0.1, 0.15) is 0 Å². The van der Waals surface area contributed by atoms with Crippen LogP contribution >= 0.6 is 0 Å². The Hall–Kier alpha value is -0.560. The molecule has 1 heterocycles. The van der Waals surface area contributed by atoms with E-state index in [0.29, 0.717) is 18.0 Å². The predicted molar refractivity (Wildman–Crippen MR) is 61.1 cm³/mol. The number of nitrogens with one attached hydrogen (secondary N) is 1. The van der Waals surface area contributed by atoms with Gasteiger partial charge < -0.3 is 5.32 Å². The first-order chi connectivity index (χ1) is 6.68. The maximum atomic E-state index is 3.63. The number of rotatable bonds is 1. The molecular weight excluding hydrogens is 170 g/mol. The van der Waals surface area contributed by atoms with Gasteiger partial charge in [0.25, 0.3) is 0 Å². The summed E-state index contributed by atoms with van der Waals surface area (Å²) in [4.78, 5) is 0. The van der Waals surface area contributed by atoms with Crippen molar-refractivity contribution in [1.82, 2.24) is 5.32 Å². The van der Waals surface area contributed by atoms with Crippen molar-refractivity contribution in [2.24, 2.45) is 17.8 Å². The molecule has 2 aliphatic rings. The molecule has 0 radical (unpaired) electrons. The lowest BCUT2D eigenvalue weighted by Crippen LogP contribution is -2.31. The highest BCUT2D eigenvalue weighted by Gasteiger charge is 2.35. The average molecular weight is 191 g/mol. The molecule has 14 heavy (non-hydrogen) atoms. The van der Waals surface area contributed by atoms with Gasteiger partial charge in [-0.25, -0.2) is 0 Å². The van der Waals surface area contributed by atoms with Crippen molar-refractivity contribution in [3.63, 3.8) is 0 Å². The van der Waals surface area contributed by atoms with Gasteiger partial charge in [-0.2, -0.15) is 0 Å². The van der Waals surface area contributed by atoms with Gasteiger partial charge in [0, 0.05) is 12.1 Å². The fourth-order valence-electron chi connectivity index (χ4n) is 3.01. The van der Waals surface area contributed by atoms with Crippen LogP contribution in [0.5, 0.6) is 0 Å². The van der Waals surface area contributed by atoms with Crippen molar-refractivity contribution >= 4 is 0 Å². The Labute approximate surface area is 87.3 Å². The molecular formula is C13H21N. The van der Waals surface area contributed by atoms with E-state index in [1.807, 2.05) is 0 Å². The van der Waals surface area contributed by atoms with Crippen molar-refractivity contribution in [2.75, 3.05) is 0 Å². The van der Waals surface area contributed by atoms with Crippen LogP contribution in [0.1, 0.15) is 27.2 Å². The molecule has 0 aromatic heterocycles. The molecule has 0 bridgehead atoms. The molecule has 0 saturated carbocycles. The van der Waals surface area contributed by atoms with Gasteiger partial charge in [-0.05, 0) is 38.0 Å². The van der Waals surface area contributed by atoms with E-state index >= 15 is 0 Å². The number of hydrogen-bond donors (Lipinski definition) is 1. The van der Waals surface area contributed by atoms with Crippen LogP contribution < -0.4 is 5.32 Å². The summed E-state index contributed by atoms with van der Waals surface area (Å²) in [5.74, 6) is 2.27. The molecule has 1 aliphatic carbocycles. The fourth-order valence-corrected chi connectivity index (χ4v) is 3.01. The minimum Gasteiger partial charge on any atom is -0.311 e. The summed E-state index contributed by atoms with van der Waals surface area (Å²) in [6, 6.07) is 1.37. The van der Waals surface area contributed by atoms with E-state index in [1.54, 1.807) is 0 Å². The van der Waals surface area contributed by atoms with Crippen molar-refractivity contribution in [2.45, 2.75) is 39.3 Å². The lowest BCUT2D eigenvalue weighted by Gasteiger charge is -2.29. The van der Waals surface area contributed by atoms with Gasteiger partial charge in [-0.1, -0.05) is 31.2 Å². The highest BCUT2D eigenvalue weighted by Crippen LogP contribution is 2.35. The van der Waals surface area contributed by atoms with Crippen LogP contribution in [0.2, 0.25) is 0 Å². The summed E-state index contributed by atoms with van der Waals surface area (Å²) in [5, 5.41) is 3.63. The lowest BCUT2D eigenvalue weighted by molar-refractivity contribution is 0.309. The van der Waals surface area contributed by atoms with Crippen molar-refractivity contribution in [3.05, 3.63) is 24.3 Å². The number of allylic oxidation sites excluding steroid dienone is 4. The topological polar surface area (TPSA) is 12.0 Å². The molecule has 1 saturated heterocycles. The van der Waals surface area contributed by atoms with Gasteiger partial charge in [0.05, 0.1) is 0 Å². The van der Waals surface area contributed by atoms with E-state index in [9.17, 15) is 0 Å². The largest absolute Gasteiger partial charge is 0.311 e. The molecule has 78 valence electrons. The zero-order valence-corrected chi connectivity index (χ0v) is 9.40. The number of hydrogen-bond acceptors (Lipinski definition) is 1. The molecule has 5 atom stereocenters. The third-order valence-corrected chi connectivity index (χ3v) is 3.78. The first kappa shape index (κ1) is 9.97. The van der Waals surface area contributed by atoms with E-state index in [1.165, 1.54) is 6.42 Å². The molecule has 5 unspecified atom stereocenters. The van der Waals surface area contributed by atoms with Gasteiger partial charge in [-0.3, -0.25) is 0 Å². The Balaban J connectivity index is 2.08. The minimum absolute atomic E-state index is 0.675. The normalized spacial score (nSPS) is 47.2. The zero-order valence-electron chi connectivity index (χ0n) is 9.40. The molecule has 1 N–H and O–H groups in total. The van der Waals surface area contributed by atoms with E-state index in [0.717, 1.165) is 11.8 Å². The fraction of sp³-hybridized carbons (Fsp3) is 0.692. The average Bonchev–Trinajstić information content (AvgIpc) is 2.46. The Morgan fingerprint density at radius 2 is 1.79 bits per heavy atom. The summed E-state index contributed by atoms with van der Waals surface area (Å²) in [7, 11) is 0. The maximum Gasteiger partial charge on any atom is 0.00758 e. The van der Waals surface area contributed by atoms with Gasteiger partial charge in [0.15, 0.2) is 0 Å². The second-order valence-electron chi connectivity index (χ2n) is 4.96. The molecule has 1 aliphatic heterocycles. The highest BCUT2D eigenvalue weighted by atomic mass is 15.0. The zero-order chi connectivity index (χ0) is 10.1. The standard InChI is InChI=1S/C13H21N/c1-9-6-4-5-7-12(9)13-8-10(2)14-11(13)3/h4-7,9-14H,8H2,1-3H3. The van der Waals surface area contributed by atoms with Crippen molar-refractivity contribution in [1.29, 1.82) is 0 Å². The van der Waals surface area contributed by atoms with E-state index in [4.69, 9.17) is 0 Å². The minimum atomic E-state index is 0.675. The smallest absolute Gasteiger partial charge is 0.00758 e.